The summed E-state index contributed by atoms with van der Waals surface area (Å²) in [5, 5.41) is 10.9. The van der Waals surface area contributed by atoms with E-state index in [-0.39, 0.29) is 19.1 Å². The molecule has 0 aromatic carbocycles. The molecule has 7 nitrogen and oxygen atoms in total. The monoisotopic (exact) mass is 246 g/mol. The van der Waals surface area contributed by atoms with Crippen molar-refractivity contribution in [3.63, 3.8) is 0 Å². The fourth-order valence-electron chi connectivity index (χ4n) is 1.48. The topological polar surface area (TPSA) is 88.1 Å². The average molecular weight is 246 g/mol. The van der Waals surface area contributed by atoms with Crippen molar-refractivity contribution in [3.05, 3.63) is 0 Å². The molecule has 0 aromatic rings. The maximum Gasteiger partial charge on any atom is 0.407 e. The number of nitrogens with one attached hydrogen (secondary N) is 1. The molecule has 1 saturated heterocycles. The lowest BCUT2D eigenvalue weighted by molar-refractivity contribution is -0.137. The van der Waals surface area contributed by atoms with Crippen molar-refractivity contribution in [3.8, 4) is 0 Å². The van der Waals surface area contributed by atoms with Crippen LogP contribution in [0.3, 0.4) is 0 Å². The molecule has 98 valence electrons. The van der Waals surface area contributed by atoms with Crippen LogP contribution in [0.2, 0.25) is 0 Å². The lowest BCUT2D eigenvalue weighted by Crippen LogP contribution is -2.50. The van der Waals surface area contributed by atoms with Crippen molar-refractivity contribution in [2.45, 2.75) is 13.0 Å². The number of amides is 2. The number of rotatable bonds is 4. The van der Waals surface area contributed by atoms with Crippen LogP contribution in [0, 0.1) is 0 Å². The van der Waals surface area contributed by atoms with E-state index >= 15 is 0 Å². The largest absolute Gasteiger partial charge is 0.447 e. The van der Waals surface area contributed by atoms with Gasteiger partial charge in [-0.2, -0.15) is 0 Å². The summed E-state index contributed by atoms with van der Waals surface area (Å²) in [7, 11) is 0. The number of alkyl carbamates (subject to hydrolysis) is 1. The van der Waals surface area contributed by atoms with E-state index in [2.05, 4.69) is 10.1 Å². The van der Waals surface area contributed by atoms with Crippen molar-refractivity contribution >= 4 is 12.0 Å². The van der Waals surface area contributed by atoms with Gasteiger partial charge in [-0.15, -0.1) is 0 Å². The number of hydrogen-bond acceptors (Lipinski definition) is 5. The molecule has 1 aliphatic rings. The van der Waals surface area contributed by atoms with Gasteiger partial charge in [0, 0.05) is 13.1 Å². The van der Waals surface area contributed by atoms with Crippen LogP contribution in [-0.4, -0.2) is 67.6 Å². The Hall–Kier alpha value is -1.34. The van der Waals surface area contributed by atoms with Crippen molar-refractivity contribution in [2.24, 2.45) is 0 Å². The summed E-state index contributed by atoms with van der Waals surface area (Å²) in [5.41, 5.74) is 0. The van der Waals surface area contributed by atoms with Gasteiger partial charge in [0.2, 0.25) is 5.91 Å². The van der Waals surface area contributed by atoms with Crippen molar-refractivity contribution in [2.75, 3.05) is 39.5 Å². The van der Waals surface area contributed by atoms with Crippen molar-refractivity contribution in [1.29, 1.82) is 0 Å². The van der Waals surface area contributed by atoms with E-state index < -0.39 is 12.1 Å². The molecule has 1 fully saturated rings. The van der Waals surface area contributed by atoms with E-state index in [9.17, 15) is 9.59 Å². The van der Waals surface area contributed by atoms with E-state index in [1.165, 1.54) is 0 Å². The third-order valence-corrected chi connectivity index (χ3v) is 2.35. The summed E-state index contributed by atoms with van der Waals surface area (Å²) in [4.78, 5) is 24.7. The van der Waals surface area contributed by atoms with Gasteiger partial charge in [0.15, 0.2) is 0 Å². The highest BCUT2D eigenvalue weighted by atomic mass is 16.6. The normalized spacial score (nSPS) is 17.4. The van der Waals surface area contributed by atoms with E-state index in [0.717, 1.165) is 0 Å². The first-order chi connectivity index (χ1) is 8.15. The number of carbonyl (C=O) groups excluding carboxylic acids is 2. The lowest BCUT2D eigenvalue weighted by Gasteiger charge is -2.29. The Morgan fingerprint density at radius 3 is 2.71 bits per heavy atom. The van der Waals surface area contributed by atoms with Crippen LogP contribution in [0.5, 0.6) is 0 Å². The van der Waals surface area contributed by atoms with E-state index in [1.807, 2.05) is 0 Å². The molecule has 17 heavy (non-hydrogen) atoms. The van der Waals surface area contributed by atoms with Crippen LogP contribution in [0.25, 0.3) is 0 Å². The zero-order valence-electron chi connectivity index (χ0n) is 9.85. The molecule has 0 aliphatic carbocycles. The molecule has 0 radical (unpaired) electrons. The minimum absolute atomic E-state index is 0.0791. The van der Waals surface area contributed by atoms with Gasteiger partial charge in [-0.3, -0.25) is 4.79 Å². The first kappa shape index (κ1) is 13.7. The first-order valence-corrected chi connectivity index (χ1v) is 5.56. The Kier molecular flexibility index (Phi) is 5.71. The number of carbonyl (C=O) groups is 2. The Morgan fingerprint density at radius 2 is 2.12 bits per heavy atom. The second-order valence-corrected chi connectivity index (χ2v) is 3.66. The Morgan fingerprint density at radius 1 is 1.47 bits per heavy atom. The van der Waals surface area contributed by atoms with Gasteiger partial charge in [-0.25, -0.2) is 4.79 Å². The summed E-state index contributed by atoms with van der Waals surface area (Å²) in [6.45, 7) is 3.40. The van der Waals surface area contributed by atoms with E-state index in [0.29, 0.717) is 26.3 Å². The molecule has 0 spiro atoms. The van der Waals surface area contributed by atoms with Crippen molar-refractivity contribution in [1.82, 2.24) is 10.2 Å². The third-order valence-electron chi connectivity index (χ3n) is 2.35. The summed E-state index contributed by atoms with van der Waals surface area (Å²) >= 11 is 0. The van der Waals surface area contributed by atoms with Gasteiger partial charge in [0.1, 0.15) is 12.6 Å². The van der Waals surface area contributed by atoms with Gasteiger partial charge in [-0.05, 0) is 6.92 Å². The number of aliphatic hydroxyl groups excluding tert-OH is 1. The molecule has 1 aliphatic heterocycles. The van der Waals surface area contributed by atoms with Crippen LogP contribution in [0.1, 0.15) is 6.92 Å². The molecular formula is C10H18N2O5. The summed E-state index contributed by atoms with van der Waals surface area (Å²) in [6, 6.07) is -0.640. The van der Waals surface area contributed by atoms with Gasteiger partial charge in [-0.1, -0.05) is 0 Å². The predicted octanol–water partition coefficient (Wildman–Crippen LogP) is -1.05. The summed E-state index contributed by atoms with van der Waals surface area (Å²) in [6.07, 6.45) is -0.701. The number of nitrogens with zero attached hydrogens (tertiary/aromatic N) is 1. The first-order valence-electron chi connectivity index (χ1n) is 5.56. The maximum atomic E-state index is 11.9. The Labute approximate surface area is 99.7 Å². The van der Waals surface area contributed by atoms with Crippen LogP contribution < -0.4 is 5.32 Å². The summed E-state index contributed by atoms with van der Waals surface area (Å²) in [5.74, 6) is -0.158. The van der Waals surface area contributed by atoms with Crippen molar-refractivity contribution < 1.29 is 24.2 Å². The molecule has 1 rings (SSSR count). The molecule has 2 amide bonds. The average Bonchev–Trinajstić information content (AvgIpc) is 2.36. The molecule has 2 N–H and O–H groups in total. The standard InChI is InChI=1S/C10H18N2O5/c1-8(11-10(15)17-7-4-13)9(14)12-2-5-16-6-3-12/h8,13H,2-7H2,1H3,(H,11,15). The fourth-order valence-corrected chi connectivity index (χ4v) is 1.48. The summed E-state index contributed by atoms with van der Waals surface area (Å²) < 4.78 is 9.73. The minimum Gasteiger partial charge on any atom is -0.447 e. The number of aliphatic hydroxyl groups is 1. The van der Waals surface area contributed by atoms with E-state index in [1.54, 1.807) is 11.8 Å². The zero-order chi connectivity index (χ0) is 12.7. The quantitative estimate of drug-likeness (QED) is 0.661. The fraction of sp³-hybridized carbons (Fsp3) is 0.800. The Bertz CT molecular complexity index is 265. The molecule has 0 aromatic heterocycles. The van der Waals surface area contributed by atoms with E-state index in [4.69, 9.17) is 9.84 Å². The van der Waals surface area contributed by atoms with Crippen LogP contribution in [-0.2, 0) is 14.3 Å². The molecule has 0 saturated carbocycles. The second-order valence-electron chi connectivity index (χ2n) is 3.66. The number of ether oxygens (including phenoxy) is 2. The van der Waals surface area contributed by atoms with Gasteiger partial charge in [0.25, 0.3) is 0 Å². The smallest absolute Gasteiger partial charge is 0.407 e. The van der Waals surface area contributed by atoms with Gasteiger partial charge in [0.05, 0.1) is 19.8 Å². The highest BCUT2D eigenvalue weighted by molar-refractivity contribution is 5.85. The van der Waals surface area contributed by atoms with Crippen LogP contribution in [0.15, 0.2) is 0 Å². The van der Waals surface area contributed by atoms with Gasteiger partial charge < -0.3 is 24.8 Å². The SMILES string of the molecule is CC(NC(=O)OCCO)C(=O)N1CCOCC1. The highest BCUT2D eigenvalue weighted by Gasteiger charge is 2.23. The van der Waals surface area contributed by atoms with Crippen LogP contribution in [0.4, 0.5) is 4.79 Å². The maximum absolute atomic E-state index is 11.9. The molecule has 1 atom stereocenters. The third kappa shape index (κ3) is 4.58. The molecule has 0 bridgehead atoms. The molecule has 1 heterocycles. The number of hydrogen-bond donors (Lipinski definition) is 2. The van der Waals surface area contributed by atoms with Gasteiger partial charge >= 0.3 is 6.09 Å². The highest BCUT2D eigenvalue weighted by Crippen LogP contribution is 2.00. The number of morpholine rings is 1. The van der Waals surface area contributed by atoms with Crippen LogP contribution >= 0.6 is 0 Å². The molecular weight excluding hydrogens is 228 g/mol. The Balaban J connectivity index is 2.32. The minimum atomic E-state index is -0.701. The predicted molar refractivity (Wildman–Crippen MR) is 58.4 cm³/mol. The zero-order valence-corrected chi connectivity index (χ0v) is 9.85. The lowest BCUT2D eigenvalue weighted by atomic mass is 10.2. The second kappa shape index (κ2) is 7.08. The molecule has 1 unspecified atom stereocenters. The molecule has 7 heteroatoms.